The molecule has 1 rings (SSSR count). The van der Waals surface area contributed by atoms with E-state index in [-0.39, 0.29) is 17.9 Å². The number of hydrogen-bond donors (Lipinski definition) is 2. The molecule has 0 aromatic carbocycles. The van der Waals surface area contributed by atoms with Gasteiger partial charge in [-0.25, -0.2) is 4.79 Å². The summed E-state index contributed by atoms with van der Waals surface area (Å²) in [4.78, 5) is 21.5. The first-order valence-corrected chi connectivity index (χ1v) is 2.98. The largest absolute Gasteiger partial charge is 0.508 e. The van der Waals surface area contributed by atoms with Gasteiger partial charge in [0, 0.05) is 7.05 Å². The van der Waals surface area contributed by atoms with E-state index in [1.54, 1.807) is 0 Å². The van der Waals surface area contributed by atoms with Crippen LogP contribution >= 0.6 is 0 Å². The summed E-state index contributed by atoms with van der Waals surface area (Å²) < 4.78 is 4.38. The number of ether oxygens (including phenoxy) is 1. The highest BCUT2D eigenvalue weighted by molar-refractivity contribution is 6.17. The lowest BCUT2D eigenvalue weighted by molar-refractivity contribution is -0.137. The van der Waals surface area contributed by atoms with Gasteiger partial charge in [0.2, 0.25) is 0 Å². The van der Waals surface area contributed by atoms with Crippen LogP contribution in [0.4, 0.5) is 0 Å². The summed E-state index contributed by atoms with van der Waals surface area (Å²) >= 11 is 0. The number of esters is 1. The average molecular weight is 157 g/mol. The predicted molar refractivity (Wildman–Crippen MR) is 34.7 cm³/mol. The third kappa shape index (κ3) is 1.17. The lowest BCUT2D eigenvalue weighted by Gasteiger charge is -1.95. The molecule has 1 aliphatic heterocycles. The van der Waals surface area contributed by atoms with Crippen LogP contribution in [-0.2, 0) is 14.3 Å². The quantitative estimate of drug-likeness (QED) is 0.382. The molecule has 0 spiro atoms. The predicted octanol–water partition coefficient (Wildman–Crippen LogP) is -0.899. The maximum atomic E-state index is 10.8. The highest BCUT2D eigenvalue weighted by atomic mass is 16.5. The Labute approximate surface area is 62.6 Å². The maximum absolute atomic E-state index is 10.8. The van der Waals surface area contributed by atoms with Crippen LogP contribution in [0, 0.1) is 0 Å². The third-order valence-electron chi connectivity index (χ3n) is 1.29. The first-order chi connectivity index (χ1) is 5.16. The minimum Gasteiger partial charge on any atom is -0.508 e. The molecule has 1 amide bonds. The Hall–Kier alpha value is -1.52. The zero-order valence-corrected chi connectivity index (χ0v) is 5.88. The molecule has 0 aromatic heterocycles. The van der Waals surface area contributed by atoms with Gasteiger partial charge in [-0.15, -0.1) is 0 Å². The van der Waals surface area contributed by atoms with E-state index in [0.29, 0.717) is 0 Å². The molecule has 0 aromatic rings. The van der Waals surface area contributed by atoms with Crippen molar-refractivity contribution in [1.29, 1.82) is 0 Å². The highest BCUT2D eigenvalue weighted by Gasteiger charge is 2.29. The Kier molecular flexibility index (Phi) is 1.80. The van der Waals surface area contributed by atoms with Crippen LogP contribution in [0.2, 0.25) is 0 Å². The van der Waals surface area contributed by atoms with Gasteiger partial charge in [-0.2, -0.15) is 0 Å². The number of rotatable bonds is 1. The summed E-state index contributed by atoms with van der Waals surface area (Å²) in [5.74, 6) is -1.71. The van der Waals surface area contributed by atoms with E-state index in [0.717, 1.165) is 0 Å². The van der Waals surface area contributed by atoms with E-state index in [1.165, 1.54) is 7.05 Å². The molecule has 11 heavy (non-hydrogen) atoms. The molecule has 2 N–H and O–H groups in total. The number of carbonyl (C=O) groups excluding carboxylic acids is 2. The molecule has 60 valence electrons. The van der Waals surface area contributed by atoms with E-state index in [4.69, 9.17) is 5.11 Å². The molecular weight excluding hydrogens is 150 g/mol. The fraction of sp³-hybridized carbons (Fsp3) is 0.333. The van der Waals surface area contributed by atoms with Gasteiger partial charge >= 0.3 is 5.97 Å². The molecule has 0 saturated heterocycles. The van der Waals surface area contributed by atoms with Gasteiger partial charge in [0.25, 0.3) is 5.91 Å². The number of carbonyl (C=O) groups is 2. The first kappa shape index (κ1) is 7.59. The molecule has 0 unspecified atom stereocenters. The SMILES string of the molecule is CNC(=O)C1=C(O)COC1=O. The molecule has 0 atom stereocenters. The summed E-state index contributed by atoms with van der Waals surface area (Å²) in [5, 5.41) is 11.1. The van der Waals surface area contributed by atoms with Crippen molar-refractivity contribution < 1.29 is 19.4 Å². The van der Waals surface area contributed by atoms with E-state index < -0.39 is 11.9 Å². The number of hydrogen-bond acceptors (Lipinski definition) is 4. The minimum atomic E-state index is -0.776. The molecular formula is C6H7NO4. The molecule has 1 heterocycles. The fourth-order valence-corrected chi connectivity index (χ4v) is 0.745. The third-order valence-corrected chi connectivity index (χ3v) is 1.29. The second kappa shape index (κ2) is 2.61. The molecule has 5 nitrogen and oxygen atoms in total. The summed E-state index contributed by atoms with van der Waals surface area (Å²) in [6.45, 7) is -0.207. The van der Waals surface area contributed by atoms with Crippen molar-refractivity contribution in [2.24, 2.45) is 0 Å². The van der Waals surface area contributed by atoms with Crippen molar-refractivity contribution in [1.82, 2.24) is 5.32 Å². The van der Waals surface area contributed by atoms with Crippen molar-refractivity contribution in [2.75, 3.05) is 13.7 Å². The maximum Gasteiger partial charge on any atom is 0.347 e. The van der Waals surface area contributed by atoms with Crippen LogP contribution in [0.3, 0.4) is 0 Å². The van der Waals surface area contributed by atoms with E-state index in [2.05, 4.69) is 10.1 Å². The van der Waals surface area contributed by atoms with Crippen molar-refractivity contribution in [3.05, 3.63) is 11.3 Å². The van der Waals surface area contributed by atoms with Crippen LogP contribution in [0.15, 0.2) is 11.3 Å². The minimum absolute atomic E-state index is 0.207. The van der Waals surface area contributed by atoms with Gasteiger partial charge < -0.3 is 15.2 Å². The normalized spacial score (nSPS) is 16.6. The number of nitrogens with one attached hydrogen (secondary N) is 1. The first-order valence-electron chi connectivity index (χ1n) is 2.98. The number of cyclic esters (lactones) is 1. The Morgan fingerprint density at radius 3 is 2.73 bits per heavy atom. The summed E-state index contributed by atoms with van der Waals surface area (Å²) in [6, 6.07) is 0. The summed E-state index contributed by atoms with van der Waals surface area (Å²) in [7, 11) is 1.37. The molecule has 0 fully saturated rings. The lowest BCUT2D eigenvalue weighted by atomic mass is 10.2. The topological polar surface area (TPSA) is 75.6 Å². The molecule has 0 saturated carbocycles. The lowest BCUT2D eigenvalue weighted by Crippen LogP contribution is -2.24. The summed E-state index contributed by atoms with van der Waals surface area (Å²) in [6.07, 6.45) is 0. The highest BCUT2D eigenvalue weighted by Crippen LogP contribution is 2.12. The standard InChI is InChI=1S/C6H7NO4/c1-7-5(9)4-3(8)2-11-6(4)10/h8H,2H2,1H3,(H,7,9). The second-order valence-corrected chi connectivity index (χ2v) is 1.98. The van der Waals surface area contributed by atoms with Gasteiger partial charge in [-0.1, -0.05) is 0 Å². The van der Waals surface area contributed by atoms with Crippen molar-refractivity contribution >= 4 is 11.9 Å². The van der Waals surface area contributed by atoms with E-state index in [9.17, 15) is 9.59 Å². The van der Waals surface area contributed by atoms with Crippen LogP contribution in [0.25, 0.3) is 0 Å². The van der Waals surface area contributed by atoms with Gasteiger partial charge in [0.1, 0.15) is 12.4 Å². The monoisotopic (exact) mass is 157 g/mol. The van der Waals surface area contributed by atoms with Crippen molar-refractivity contribution in [3.8, 4) is 0 Å². The Balaban J connectivity index is 2.92. The molecule has 0 radical (unpaired) electrons. The van der Waals surface area contributed by atoms with Gasteiger partial charge in [0.15, 0.2) is 5.57 Å². The van der Waals surface area contributed by atoms with Gasteiger partial charge in [-0.05, 0) is 0 Å². The van der Waals surface area contributed by atoms with Gasteiger partial charge in [-0.3, -0.25) is 4.79 Å². The van der Waals surface area contributed by atoms with Crippen molar-refractivity contribution in [3.63, 3.8) is 0 Å². The van der Waals surface area contributed by atoms with Gasteiger partial charge in [0.05, 0.1) is 0 Å². The molecule has 0 bridgehead atoms. The molecule has 5 heteroatoms. The molecule has 1 aliphatic rings. The Bertz CT molecular complexity index is 243. The van der Waals surface area contributed by atoms with E-state index >= 15 is 0 Å². The number of likely N-dealkylation sites (N-methyl/N-ethyl adjacent to an activating group) is 1. The zero-order chi connectivity index (χ0) is 8.43. The number of aliphatic hydroxyl groups excluding tert-OH is 1. The number of aliphatic hydroxyl groups is 1. The van der Waals surface area contributed by atoms with Crippen LogP contribution < -0.4 is 5.32 Å². The number of amides is 1. The van der Waals surface area contributed by atoms with Crippen LogP contribution in [0.5, 0.6) is 0 Å². The fourth-order valence-electron chi connectivity index (χ4n) is 0.745. The smallest absolute Gasteiger partial charge is 0.347 e. The zero-order valence-electron chi connectivity index (χ0n) is 5.88. The average Bonchev–Trinajstić information content (AvgIpc) is 2.30. The molecule has 0 aliphatic carbocycles. The second-order valence-electron chi connectivity index (χ2n) is 1.98. The Morgan fingerprint density at radius 1 is 1.73 bits per heavy atom. The van der Waals surface area contributed by atoms with Crippen LogP contribution in [0.1, 0.15) is 0 Å². The Morgan fingerprint density at radius 2 is 2.36 bits per heavy atom. The summed E-state index contributed by atoms with van der Waals surface area (Å²) in [5.41, 5.74) is -0.299. The van der Waals surface area contributed by atoms with Crippen LogP contribution in [-0.4, -0.2) is 30.6 Å². The van der Waals surface area contributed by atoms with Crippen molar-refractivity contribution in [2.45, 2.75) is 0 Å². The van der Waals surface area contributed by atoms with E-state index in [1.807, 2.05) is 0 Å².